The summed E-state index contributed by atoms with van der Waals surface area (Å²) in [5, 5.41) is 7.73. The third kappa shape index (κ3) is 3.65. The number of hydrogen-bond acceptors (Lipinski definition) is 4. The SMILES string of the molecule is S=C(Nc1ccc(-c2nc3ccccc3s2)cc1)Nc1ccccn1. The number of pyridine rings is 1. The molecule has 0 saturated heterocycles. The highest BCUT2D eigenvalue weighted by molar-refractivity contribution is 7.80. The van der Waals surface area contributed by atoms with Gasteiger partial charge in [0, 0.05) is 17.4 Å². The minimum Gasteiger partial charge on any atom is -0.332 e. The average molecular weight is 362 g/mol. The Morgan fingerprint density at radius 3 is 2.44 bits per heavy atom. The van der Waals surface area contributed by atoms with Crippen LogP contribution >= 0.6 is 23.6 Å². The summed E-state index contributed by atoms with van der Waals surface area (Å²) in [6.07, 6.45) is 1.72. The molecule has 2 aromatic carbocycles. The highest BCUT2D eigenvalue weighted by Crippen LogP contribution is 2.30. The molecule has 4 aromatic rings. The molecular weight excluding hydrogens is 348 g/mol. The number of hydrogen-bond donors (Lipinski definition) is 2. The van der Waals surface area contributed by atoms with E-state index in [2.05, 4.69) is 26.7 Å². The van der Waals surface area contributed by atoms with Crippen LogP contribution < -0.4 is 10.6 Å². The molecule has 4 rings (SSSR count). The molecule has 0 fully saturated rings. The van der Waals surface area contributed by atoms with E-state index in [1.54, 1.807) is 17.5 Å². The maximum absolute atomic E-state index is 5.32. The Kier molecular flexibility index (Phi) is 4.37. The van der Waals surface area contributed by atoms with Gasteiger partial charge in [-0.15, -0.1) is 11.3 Å². The fourth-order valence-corrected chi connectivity index (χ4v) is 3.60. The molecule has 2 heterocycles. The van der Waals surface area contributed by atoms with E-state index in [4.69, 9.17) is 12.2 Å². The number of thiazole rings is 1. The summed E-state index contributed by atoms with van der Waals surface area (Å²) in [4.78, 5) is 8.87. The highest BCUT2D eigenvalue weighted by atomic mass is 32.1. The monoisotopic (exact) mass is 362 g/mol. The zero-order valence-corrected chi connectivity index (χ0v) is 14.8. The molecule has 0 bridgehead atoms. The molecule has 0 saturated carbocycles. The van der Waals surface area contributed by atoms with Crippen molar-refractivity contribution in [3.63, 3.8) is 0 Å². The predicted octanol–water partition coefficient (Wildman–Crippen LogP) is 5.17. The van der Waals surface area contributed by atoms with Gasteiger partial charge >= 0.3 is 0 Å². The van der Waals surface area contributed by atoms with Crippen molar-refractivity contribution in [2.45, 2.75) is 0 Å². The Morgan fingerprint density at radius 1 is 0.880 bits per heavy atom. The van der Waals surface area contributed by atoms with E-state index in [1.807, 2.05) is 60.7 Å². The molecule has 6 heteroatoms. The van der Waals surface area contributed by atoms with Crippen molar-refractivity contribution in [1.82, 2.24) is 9.97 Å². The highest BCUT2D eigenvalue weighted by Gasteiger charge is 2.06. The second-order valence-electron chi connectivity index (χ2n) is 5.36. The summed E-state index contributed by atoms with van der Waals surface area (Å²) in [5.74, 6) is 0.714. The summed E-state index contributed by atoms with van der Waals surface area (Å²) in [5.41, 5.74) is 3.04. The lowest BCUT2D eigenvalue weighted by Gasteiger charge is -2.10. The van der Waals surface area contributed by atoms with Gasteiger partial charge in [-0.2, -0.15) is 0 Å². The first-order chi connectivity index (χ1) is 12.3. The van der Waals surface area contributed by atoms with Crippen LogP contribution in [0, 0.1) is 0 Å². The van der Waals surface area contributed by atoms with E-state index in [9.17, 15) is 0 Å². The van der Waals surface area contributed by atoms with Crippen molar-refractivity contribution in [3.8, 4) is 10.6 Å². The van der Waals surface area contributed by atoms with Gasteiger partial charge in [0.05, 0.1) is 10.2 Å². The summed E-state index contributed by atoms with van der Waals surface area (Å²) < 4.78 is 1.19. The fourth-order valence-electron chi connectivity index (χ4n) is 2.41. The van der Waals surface area contributed by atoms with Crippen LogP contribution in [-0.2, 0) is 0 Å². The molecule has 0 unspecified atom stereocenters. The standard InChI is InChI=1S/C19H14N4S2/c24-19(23-17-7-3-4-12-20-17)21-14-10-8-13(9-11-14)18-22-15-5-1-2-6-16(15)25-18/h1-12H,(H2,20,21,23,24). The lowest BCUT2D eigenvalue weighted by atomic mass is 10.2. The van der Waals surface area contributed by atoms with Crippen LogP contribution in [0.4, 0.5) is 11.5 Å². The van der Waals surface area contributed by atoms with Crippen LogP contribution in [0.15, 0.2) is 72.9 Å². The summed E-state index contributed by atoms with van der Waals surface area (Å²) in [6.45, 7) is 0. The molecule has 25 heavy (non-hydrogen) atoms. The van der Waals surface area contributed by atoms with Crippen molar-refractivity contribution in [1.29, 1.82) is 0 Å². The molecule has 122 valence electrons. The maximum Gasteiger partial charge on any atom is 0.176 e. The minimum atomic E-state index is 0.506. The van der Waals surface area contributed by atoms with Gasteiger partial charge in [0.1, 0.15) is 10.8 Å². The van der Waals surface area contributed by atoms with Crippen LogP contribution in [0.2, 0.25) is 0 Å². The molecule has 0 aliphatic rings. The first kappa shape index (κ1) is 15.7. The van der Waals surface area contributed by atoms with Gasteiger partial charge in [-0.3, -0.25) is 0 Å². The second kappa shape index (κ2) is 6.96. The van der Waals surface area contributed by atoms with E-state index in [0.29, 0.717) is 10.9 Å². The fraction of sp³-hybridized carbons (Fsp3) is 0. The van der Waals surface area contributed by atoms with Crippen LogP contribution in [0.1, 0.15) is 0 Å². The van der Waals surface area contributed by atoms with E-state index in [-0.39, 0.29) is 0 Å². The largest absolute Gasteiger partial charge is 0.332 e. The number of anilines is 2. The molecule has 0 aliphatic heterocycles. The lowest BCUT2D eigenvalue weighted by molar-refractivity contribution is 1.32. The van der Waals surface area contributed by atoms with Gasteiger partial charge in [-0.25, -0.2) is 9.97 Å². The van der Waals surface area contributed by atoms with Gasteiger partial charge in [-0.05, 0) is 60.7 Å². The Labute approximate surface area is 154 Å². The second-order valence-corrected chi connectivity index (χ2v) is 6.80. The van der Waals surface area contributed by atoms with Crippen LogP contribution in [0.5, 0.6) is 0 Å². The molecular formula is C19H14N4S2. The number of nitrogens with zero attached hydrogens (tertiary/aromatic N) is 2. The first-order valence-corrected chi connectivity index (χ1v) is 8.95. The average Bonchev–Trinajstić information content (AvgIpc) is 3.07. The van der Waals surface area contributed by atoms with E-state index in [1.165, 1.54) is 4.70 Å². The van der Waals surface area contributed by atoms with E-state index < -0.39 is 0 Å². The van der Waals surface area contributed by atoms with E-state index in [0.717, 1.165) is 21.8 Å². The number of aromatic nitrogens is 2. The summed E-state index contributed by atoms with van der Waals surface area (Å²) >= 11 is 7.01. The normalized spacial score (nSPS) is 10.6. The maximum atomic E-state index is 5.32. The predicted molar refractivity (Wildman–Crippen MR) is 109 cm³/mol. The first-order valence-electron chi connectivity index (χ1n) is 7.73. The van der Waals surface area contributed by atoms with Crippen molar-refractivity contribution in [2.24, 2.45) is 0 Å². The van der Waals surface area contributed by atoms with Crippen molar-refractivity contribution in [2.75, 3.05) is 10.6 Å². The van der Waals surface area contributed by atoms with Crippen LogP contribution in [-0.4, -0.2) is 15.1 Å². The zero-order valence-electron chi connectivity index (χ0n) is 13.1. The molecule has 2 aromatic heterocycles. The number of benzene rings is 2. The molecule has 0 spiro atoms. The quantitative estimate of drug-likeness (QED) is 0.493. The lowest BCUT2D eigenvalue weighted by Crippen LogP contribution is -2.19. The number of fused-ring (bicyclic) bond motifs is 1. The van der Waals surface area contributed by atoms with E-state index >= 15 is 0 Å². The van der Waals surface area contributed by atoms with Crippen LogP contribution in [0.3, 0.4) is 0 Å². The summed E-state index contributed by atoms with van der Waals surface area (Å²) in [7, 11) is 0. The topological polar surface area (TPSA) is 49.8 Å². The molecule has 0 amide bonds. The zero-order chi connectivity index (χ0) is 17.1. The molecule has 0 aliphatic carbocycles. The Balaban J connectivity index is 1.47. The number of rotatable bonds is 3. The minimum absolute atomic E-state index is 0.506. The van der Waals surface area contributed by atoms with Gasteiger partial charge < -0.3 is 10.6 Å². The van der Waals surface area contributed by atoms with Crippen molar-refractivity contribution < 1.29 is 0 Å². The van der Waals surface area contributed by atoms with Gasteiger partial charge in [0.15, 0.2) is 5.11 Å². The van der Waals surface area contributed by atoms with Crippen LogP contribution in [0.25, 0.3) is 20.8 Å². The number of nitrogens with one attached hydrogen (secondary N) is 2. The third-order valence-electron chi connectivity index (χ3n) is 3.59. The molecule has 0 radical (unpaired) electrons. The van der Waals surface area contributed by atoms with Gasteiger partial charge in [-0.1, -0.05) is 18.2 Å². The number of para-hydroxylation sites is 1. The third-order valence-corrected chi connectivity index (χ3v) is 4.88. The smallest absolute Gasteiger partial charge is 0.176 e. The van der Waals surface area contributed by atoms with Crippen molar-refractivity contribution in [3.05, 3.63) is 72.9 Å². The molecule has 0 atom stereocenters. The Hall–Kier alpha value is -2.83. The summed E-state index contributed by atoms with van der Waals surface area (Å²) in [6, 6.07) is 21.9. The Morgan fingerprint density at radius 2 is 1.68 bits per heavy atom. The van der Waals surface area contributed by atoms with Gasteiger partial charge in [0.25, 0.3) is 0 Å². The molecule has 2 N–H and O–H groups in total. The van der Waals surface area contributed by atoms with Crippen molar-refractivity contribution >= 4 is 50.4 Å². The Bertz CT molecular complexity index is 977. The molecule has 4 nitrogen and oxygen atoms in total. The van der Waals surface area contributed by atoms with Gasteiger partial charge in [0.2, 0.25) is 0 Å². The number of thiocarbonyl (C=S) groups is 1.